The Morgan fingerprint density at radius 3 is 2.69 bits per heavy atom. The van der Waals surface area contributed by atoms with Crippen LogP contribution in [0.4, 0.5) is 24.5 Å². The highest BCUT2D eigenvalue weighted by Gasteiger charge is 2.33. The third-order valence-electron chi connectivity index (χ3n) is 6.54. The molecule has 0 saturated carbocycles. The van der Waals surface area contributed by atoms with Gasteiger partial charge in [-0.15, -0.1) is 0 Å². The van der Waals surface area contributed by atoms with Gasteiger partial charge in [0.1, 0.15) is 0 Å². The number of alkyl halides is 3. The molecule has 1 unspecified atom stereocenters. The second kappa shape index (κ2) is 9.38. The molecule has 2 aromatic carbocycles. The zero-order valence-corrected chi connectivity index (χ0v) is 19.5. The molecule has 3 aromatic rings. The molecule has 4 nitrogen and oxygen atoms in total. The minimum Gasteiger partial charge on any atom is -0.349 e. The van der Waals surface area contributed by atoms with Gasteiger partial charge in [-0.25, -0.2) is 0 Å². The number of fused-ring (bicyclic) bond motifs is 2. The van der Waals surface area contributed by atoms with Crippen LogP contribution in [0.2, 0.25) is 5.02 Å². The van der Waals surface area contributed by atoms with Crippen LogP contribution in [0.25, 0.3) is 5.57 Å². The SMILES string of the molecule is O=C(/C=C1\CCN(c2ccc(Cl)cc2)c2cc(C(F)(F)F)ccc21)NC1CCc2cccnc2C1. The number of aromatic nitrogens is 1. The van der Waals surface area contributed by atoms with Crippen molar-refractivity contribution in [3.05, 3.63) is 94.3 Å². The molecule has 35 heavy (non-hydrogen) atoms. The summed E-state index contributed by atoms with van der Waals surface area (Å²) in [6.45, 7) is 0.440. The summed E-state index contributed by atoms with van der Waals surface area (Å²) in [5.74, 6) is -0.241. The molecule has 0 radical (unpaired) electrons. The minimum atomic E-state index is -4.47. The average molecular weight is 498 g/mol. The fourth-order valence-corrected chi connectivity index (χ4v) is 4.93. The van der Waals surface area contributed by atoms with Crippen molar-refractivity contribution in [1.82, 2.24) is 10.3 Å². The molecule has 1 aliphatic heterocycles. The van der Waals surface area contributed by atoms with Crippen LogP contribution in [0.5, 0.6) is 0 Å². The lowest BCUT2D eigenvalue weighted by atomic mass is 9.91. The summed E-state index contributed by atoms with van der Waals surface area (Å²) >= 11 is 6.00. The minimum absolute atomic E-state index is 0.0250. The standard InChI is InChI=1S/C27H23ClF3N3O/c28-20-5-8-22(9-6-20)34-13-11-18(23-10-4-19(15-25(23)34)27(29,30)31)14-26(35)33-21-7-3-17-2-1-12-32-24(17)16-21/h1-2,4-6,8-10,12,14-15,21H,3,7,11,13,16H2,(H,33,35)/b18-14+. The van der Waals surface area contributed by atoms with E-state index in [1.807, 2.05) is 11.0 Å². The van der Waals surface area contributed by atoms with Crippen LogP contribution in [0.3, 0.4) is 0 Å². The lowest BCUT2D eigenvalue weighted by Gasteiger charge is -2.33. The highest BCUT2D eigenvalue weighted by atomic mass is 35.5. The Morgan fingerprint density at radius 1 is 1.11 bits per heavy atom. The van der Waals surface area contributed by atoms with Crippen molar-refractivity contribution in [1.29, 1.82) is 0 Å². The van der Waals surface area contributed by atoms with Crippen molar-refractivity contribution in [2.45, 2.75) is 37.9 Å². The number of benzene rings is 2. The molecular weight excluding hydrogens is 475 g/mol. The normalized spacial score (nSPS) is 18.7. The molecule has 0 spiro atoms. The van der Waals surface area contributed by atoms with Gasteiger partial charge in [-0.1, -0.05) is 23.7 Å². The summed E-state index contributed by atoms with van der Waals surface area (Å²) in [5, 5.41) is 3.61. The molecular formula is C27H23ClF3N3O. The van der Waals surface area contributed by atoms with E-state index in [0.29, 0.717) is 41.2 Å². The predicted molar refractivity (Wildman–Crippen MR) is 131 cm³/mol. The summed E-state index contributed by atoms with van der Waals surface area (Å²) < 4.78 is 40.5. The summed E-state index contributed by atoms with van der Waals surface area (Å²) in [6.07, 6.45) is 1.67. The number of halogens is 4. The van der Waals surface area contributed by atoms with Crippen LogP contribution in [0, 0.1) is 0 Å². The molecule has 1 N–H and O–H groups in total. The Morgan fingerprint density at radius 2 is 1.91 bits per heavy atom. The zero-order chi connectivity index (χ0) is 24.6. The lowest BCUT2D eigenvalue weighted by Crippen LogP contribution is -2.38. The van der Waals surface area contributed by atoms with Gasteiger partial charge in [0.2, 0.25) is 5.91 Å². The van der Waals surface area contributed by atoms with E-state index < -0.39 is 11.7 Å². The number of aryl methyl sites for hydroxylation is 1. The third kappa shape index (κ3) is 5.05. The van der Waals surface area contributed by atoms with Crippen LogP contribution in [-0.4, -0.2) is 23.5 Å². The number of amides is 1. The van der Waals surface area contributed by atoms with Crippen LogP contribution < -0.4 is 10.2 Å². The van der Waals surface area contributed by atoms with Crippen molar-refractivity contribution in [3.63, 3.8) is 0 Å². The maximum absolute atomic E-state index is 13.5. The topological polar surface area (TPSA) is 45.2 Å². The van der Waals surface area contributed by atoms with Gasteiger partial charge in [0, 0.05) is 58.9 Å². The molecule has 8 heteroatoms. The Kier molecular flexibility index (Phi) is 6.28. The third-order valence-corrected chi connectivity index (χ3v) is 6.79. The number of anilines is 2. The van der Waals surface area contributed by atoms with Crippen LogP contribution >= 0.6 is 11.6 Å². The van der Waals surface area contributed by atoms with Crippen molar-refractivity contribution in [2.75, 3.05) is 11.4 Å². The molecule has 0 bridgehead atoms. The second-order valence-electron chi connectivity index (χ2n) is 8.83. The summed E-state index contributed by atoms with van der Waals surface area (Å²) in [5.41, 5.74) is 3.97. The van der Waals surface area contributed by atoms with Gasteiger partial charge in [0.05, 0.1) is 5.56 Å². The Hall–Kier alpha value is -3.32. The van der Waals surface area contributed by atoms with Crippen LogP contribution in [-0.2, 0) is 23.8 Å². The number of nitrogens with one attached hydrogen (secondary N) is 1. The smallest absolute Gasteiger partial charge is 0.349 e. The van der Waals surface area contributed by atoms with Crippen LogP contribution in [0.1, 0.15) is 35.2 Å². The number of carbonyl (C=O) groups excluding carboxylic acids is 1. The van der Waals surface area contributed by atoms with E-state index in [1.54, 1.807) is 30.5 Å². The molecule has 180 valence electrons. The highest BCUT2D eigenvalue weighted by molar-refractivity contribution is 6.30. The first kappa shape index (κ1) is 23.4. The zero-order valence-electron chi connectivity index (χ0n) is 18.8. The van der Waals surface area contributed by atoms with Gasteiger partial charge >= 0.3 is 6.18 Å². The van der Waals surface area contributed by atoms with Crippen molar-refractivity contribution in [3.8, 4) is 0 Å². The van der Waals surface area contributed by atoms with Gasteiger partial charge in [-0.05, 0) is 72.9 Å². The van der Waals surface area contributed by atoms with Gasteiger partial charge in [0.15, 0.2) is 0 Å². The molecule has 0 saturated heterocycles. The maximum Gasteiger partial charge on any atom is 0.416 e. The number of hydrogen-bond acceptors (Lipinski definition) is 3. The largest absolute Gasteiger partial charge is 0.416 e. The summed E-state index contributed by atoms with van der Waals surface area (Å²) in [4.78, 5) is 19.2. The van der Waals surface area contributed by atoms with Crippen molar-refractivity contribution in [2.24, 2.45) is 0 Å². The molecule has 1 atom stereocenters. The molecule has 1 aliphatic carbocycles. The summed E-state index contributed by atoms with van der Waals surface area (Å²) in [7, 11) is 0. The quantitative estimate of drug-likeness (QED) is 0.429. The molecule has 2 heterocycles. The number of hydrogen-bond donors (Lipinski definition) is 1. The maximum atomic E-state index is 13.5. The van der Waals surface area contributed by atoms with Crippen molar-refractivity contribution < 1.29 is 18.0 Å². The molecule has 1 amide bonds. The number of pyridine rings is 1. The van der Waals surface area contributed by atoms with E-state index in [9.17, 15) is 18.0 Å². The Balaban J connectivity index is 1.42. The first-order valence-electron chi connectivity index (χ1n) is 11.5. The van der Waals surface area contributed by atoms with E-state index in [2.05, 4.69) is 16.4 Å². The molecule has 2 aliphatic rings. The monoisotopic (exact) mass is 497 g/mol. The van der Waals surface area contributed by atoms with Gasteiger partial charge < -0.3 is 10.2 Å². The number of rotatable bonds is 3. The van der Waals surface area contributed by atoms with E-state index >= 15 is 0 Å². The van der Waals surface area contributed by atoms with E-state index in [0.717, 1.165) is 36.4 Å². The summed E-state index contributed by atoms with van der Waals surface area (Å²) in [6, 6.07) is 14.6. The fourth-order valence-electron chi connectivity index (χ4n) is 4.80. The van der Waals surface area contributed by atoms with Gasteiger partial charge in [-0.3, -0.25) is 9.78 Å². The van der Waals surface area contributed by atoms with E-state index in [1.165, 1.54) is 17.7 Å². The second-order valence-corrected chi connectivity index (χ2v) is 9.27. The first-order chi connectivity index (χ1) is 16.8. The number of carbonyl (C=O) groups is 1. The number of nitrogens with zero attached hydrogens (tertiary/aromatic N) is 2. The van der Waals surface area contributed by atoms with Crippen LogP contribution in [0.15, 0.2) is 66.9 Å². The molecule has 1 aromatic heterocycles. The van der Waals surface area contributed by atoms with Gasteiger partial charge in [0.25, 0.3) is 0 Å². The lowest BCUT2D eigenvalue weighted by molar-refractivity contribution is -0.137. The fraction of sp³-hybridized carbons (Fsp3) is 0.259. The Labute approximate surface area is 206 Å². The Bertz CT molecular complexity index is 1290. The first-order valence-corrected chi connectivity index (χ1v) is 11.8. The highest BCUT2D eigenvalue weighted by Crippen LogP contribution is 2.42. The van der Waals surface area contributed by atoms with Crippen molar-refractivity contribution >= 4 is 34.5 Å². The van der Waals surface area contributed by atoms with Gasteiger partial charge in [-0.2, -0.15) is 13.2 Å². The van der Waals surface area contributed by atoms with E-state index in [-0.39, 0.29) is 11.9 Å². The predicted octanol–water partition coefficient (Wildman–Crippen LogP) is 6.35. The molecule has 0 fully saturated rings. The molecule has 5 rings (SSSR count). The van der Waals surface area contributed by atoms with E-state index in [4.69, 9.17) is 11.6 Å². The average Bonchev–Trinajstić information content (AvgIpc) is 2.84.